The second kappa shape index (κ2) is 4.84. The van der Waals surface area contributed by atoms with E-state index in [1.807, 2.05) is 0 Å². The largest absolute Gasteiger partial charge is 0.351 e. The van der Waals surface area contributed by atoms with Crippen molar-refractivity contribution in [3.63, 3.8) is 0 Å². The van der Waals surface area contributed by atoms with Crippen molar-refractivity contribution in [2.24, 2.45) is 5.73 Å². The summed E-state index contributed by atoms with van der Waals surface area (Å²) in [7, 11) is -3.56. The van der Waals surface area contributed by atoms with Crippen LogP contribution in [0, 0.1) is 0 Å². The summed E-state index contributed by atoms with van der Waals surface area (Å²) in [5.41, 5.74) is 5.44. The van der Waals surface area contributed by atoms with Gasteiger partial charge < -0.3 is 5.73 Å². The number of benzene rings is 1. The fraction of sp³-hybridized carbons (Fsp3) is 0.222. The number of primary amides is 1. The highest BCUT2D eigenvalue weighted by Crippen LogP contribution is 2.28. The lowest BCUT2D eigenvalue weighted by molar-refractivity contribution is 0.254. The number of urea groups is 1. The lowest BCUT2D eigenvalue weighted by atomic mass is 10.3. The summed E-state index contributed by atoms with van der Waals surface area (Å²) in [5.74, 6) is 0. The lowest BCUT2D eigenvalue weighted by Gasteiger charge is -2.20. The molecule has 7 heteroatoms. The van der Waals surface area contributed by atoms with Gasteiger partial charge in [0.15, 0.2) is 0 Å². The smallest absolute Gasteiger partial charge is 0.319 e. The molecule has 0 aromatic heterocycles. The summed E-state index contributed by atoms with van der Waals surface area (Å²) < 4.78 is 22.9. The molecule has 1 aromatic carbocycles. The SMILES string of the molecule is CCN(C(N)=O)c1ccccc1S(=O)(=O)Br. The van der Waals surface area contributed by atoms with Gasteiger partial charge in [0.2, 0.25) is 8.27 Å². The van der Waals surface area contributed by atoms with Crippen molar-refractivity contribution in [2.45, 2.75) is 11.8 Å². The molecule has 0 aliphatic rings. The zero-order valence-corrected chi connectivity index (χ0v) is 11.0. The minimum absolute atomic E-state index is 0.0238. The van der Waals surface area contributed by atoms with E-state index in [0.29, 0.717) is 6.54 Å². The van der Waals surface area contributed by atoms with Crippen molar-refractivity contribution in [1.82, 2.24) is 0 Å². The van der Waals surface area contributed by atoms with Gasteiger partial charge in [-0.2, -0.15) is 0 Å². The number of carbonyl (C=O) groups is 1. The van der Waals surface area contributed by atoms with Crippen molar-refractivity contribution in [1.29, 1.82) is 0 Å². The molecule has 0 saturated carbocycles. The highest BCUT2D eigenvalue weighted by atomic mass is 79.9. The summed E-state index contributed by atoms with van der Waals surface area (Å²) in [5, 5.41) is 0. The molecule has 1 rings (SSSR count). The molecule has 0 atom stereocenters. The van der Waals surface area contributed by atoms with Crippen molar-refractivity contribution >= 4 is 34.8 Å². The Balaban J connectivity index is 3.39. The Bertz CT molecular complexity index is 501. The van der Waals surface area contributed by atoms with Crippen LogP contribution < -0.4 is 10.6 Å². The van der Waals surface area contributed by atoms with E-state index in [0.717, 1.165) is 0 Å². The maximum absolute atomic E-state index is 11.4. The third-order valence-corrected chi connectivity index (χ3v) is 3.92. The van der Waals surface area contributed by atoms with Crippen LogP contribution in [0.3, 0.4) is 0 Å². The fourth-order valence-electron chi connectivity index (χ4n) is 1.33. The summed E-state index contributed by atoms with van der Waals surface area (Å²) in [6.45, 7) is 2.01. The van der Waals surface area contributed by atoms with Crippen LogP contribution in [-0.2, 0) is 8.27 Å². The molecule has 0 aliphatic heterocycles. The Kier molecular flexibility index (Phi) is 3.93. The number of para-hydroxylation sites is 1. The van der Waals surface area contributed by atoms with Crippen LogP contribution in [0.2, 0.25) is 0 Å². The number of hydrogen-bond donors (Lipinski definition) is 1. The lowest BCUT2D eigenvalue weighted by Crippen LogP contribution is -2.36. The fourth-order valence-corrected chi connectivity index (χ4v) is 2.82. The average molecular weight is 307 g/mol. The molecule has 88 valence electrons. The van der Waals surface area contributed by atoms with Crippen LogP contribution in [-0.4, -0.2) is 21.0 Å². The van der Waals surface area contributed by atoms with Gasteiger partial charge >= 0.3 is 6.03 Å². The zero-order chi connectivity index (χ0) is 12.3. The van der Waals surface area contributed by atoms with Crippen molar-refractivity contribution in [3.05, 3.63) is 24.3 Å². The Labute approximate surface area is 101 Å². The second-order valence-electron chi connectivity index (χ2n) is 2.99. The number of rotatable bonds is 3. The molecule has 0 aliphatic carbocycles. The van der Waals surface area contributed by atoms with Gasteiger partial charge in [-0.15, -0.1) is 0 Å². The first-order valence-corrected chi connectivity index (χ1v) is 7.81. The van der Waals surface area contributed by atoms with Crippen LogP contribution in [0.15, 0.2) is 29.2 Å². The molecule has 0 unspecified atom stereocenters. The first-order chi connectivity index (χ1) is 7.38. The van der Waals surface area contributed by atoms with Gasteiger partial charge in [-0.1, -0.05) is 12.1 Å². The van der Waals surface area contributed by atoms with E-state index in [1.54, 1.807) is 19.1 Å². The quantitative estimate of drug-likeness (QED) is 0.863. The summed E-state index contributed by atoms with van der Waals surface area (Å²) >= 11 is 2.58. The molecule has 16 heavy (non-hydrogen) atoms. The summed E-state index contributed by atoms with van der Waals surface area (Å²) in [6, 6.07) is 5.47. The molecule has 1 aromatic rings. The number of nitrogens with two attached hydrogens (primary N) is 1. The highest BCUT2D eigenvalue weighted by Gasteiger charge is 2.20. The Morgan fingerprint density at radius 1 is 1.44 bits per heavy atom. The van der Waals surface area contributed by atoms with Crippen LogP contribution in [0.5, 0.6) is 0 Å². The van der Waals surface area contributed by atoms with Gasteiger partial charge in [-0.25, -0.2) is 13.2 Å². The third-order valence-electron chi connectivity index (χ3n) is 2.00. The number of hydrogen-bond acceptors (Lipinski definition) is 3. The van der Waals surface area contributed by atoms with Crippen molar-refractivity contribution < 1.29 is 13.2 Å². The molecule has 0 saturated heterocycles. The van der Waals surface area contributed by atoms with E-state index in [4.69, 9.17) is 5.73 Å². The Morgan fingerprint density at radius 2 is 2.00 bits per heavy atom. The minimum Gasteiger partial charge on any atom is -0.351 e. The summed E-state index contributed by atoms with van der Waals surface area (Å²) in [6.07, 6.45) is 0. The van der Waals surface area contributed by atoms with E-state index in [-0.39, 0.29) is 10.6 Å². The first-order valence-electron chi connectivity index (χ1n) is 4.48. The number of carbonyl (C=O) groups excluding carboxylic acids is 1. The molecular formula is C9H11BrN2O3S. The minimum atomic E-state index is -3.56. The monoisotopic (exact) mass is 306 g/mol. The van der Waals surface area contributed by atoms with Gasteiger partial charge in [0.05, 0.1) is 20.5 Å². The Hall–Kier alpha value is -1.08. The molecule has 2 amide bonds. The van der Waals surface area contributed by atoms with E-state index in [9.17, 15) is 13.2 Å². The van der Waals surface area contributed by atoms with Gasteiger partial charge in [0.25, 0.3) is 0 Å². The van der Waals surface area contributed by atoms with Crippen LogP contribution in [0.1, 0.15) is 6.92 Å². The van der Waals surface area contributed by atoms with E-state index in [1.165, 1.54) is 17.0 Å². The van der Waals surface area contributed by atoms with E-state index in [2.05, 4.69) is 14.8 Å². The molecule has 0 fully saturated rings. The van der Waals surface area contributed by atoms with E-state index >= 15 is 0 Å². The van der Waals surface area contributed by atoms with Crippen LogP contribution in [0.25, 0.3) is 0 Å². The second-order valence-corrected chi connectivity index (χ2v) is 6.86. The van der Waals surface area contributed by atoms with Gasteiger partial charge in [-0.05, 0) is 19.1 Å². The normalized spacial score (nSPS) is 11.1. The summed E-state index contributed by atoms with van der Waals surface area (Å²) in [4.78, 5) is 12.4. The van der Waals surface area contributed by atoms with Gasteiger partial charge in [0.1, 0.15) is 4.90 Å². The Morgan fingerprint density at radius 3 is 2.44 bits per heavy atom. The van der Waals surface area contributed by atoms with Gasteiger partial charge in [-0.3, -0.25) is 4.90 Å². The molecule has 0 heterocycles. The molecule has 0 spiro atoms. The maximum Gasteiger partial charge on any atom is 0.319 e. The van der Waals surface area contributed by atoms with Gasteiger partial charge in [0, 0.05) is 6.54 Å². The van der Waals surface area contributed by atoms with Crippen LogP contribution >= 0.6 is 14.8 Å². The zero-order valence-electron chi connectivity index (χ0n) is 8.55. The number of anilines is 1. The number of amides is 2. The molecule has 2 N–H and O–H groups in total. The number of nitrogens with zero attached hydrogens (tertiary/aromatic N) is 1. The van der Waals surface area contributed by atoms with E-state index < -0.39 is 14.3 Å². The predicted molar refractivity (Wildman–Crippen MR) is 65.2 cm³/mol. The first kappa shape index (κ1) is 13.0. The van der Waals surface area contributed by atoms with Crippen LogP contribution in [0.4, 0.5) is 10.5 Å². The average Bonchev–Trinajstić information content (AvgIpc) is 2.17. The van der Waals surface area contributed by atoms with Crippen molar-refractivity contribution in [2.75, 3.05) is 11.4 Å². The number of halogens is 1. The maximum atomic E-state index is 11.4. The predicted octanol–water partition coefficient (Wildman–Crippen LogP) is 1.68. The van der Waals surface area contributed by atoms with Crippen molar-refractivity contribution in [3.8, 4) is 0 Å². The molecular weight excluding hydrogens is 296 g/mol. The standard InChI is InChI=1S/C9H11BrN2O3S/c1-2-12(9(11)13)7-5-3-4-6-8(7)16(10,14)15/h3-6H,2H2,1H3,(H2,11,13). The molecule has 0 radical (unpaired) electrons. The molecule has 5 nitrogen and oxygen atoms in total. The third kappa shape index (κ3) is 2.73. The molecule has 0 bridgehead atoms. The topological polar surface area (TPSA) is 80.5 Å². The highest BCUT2D eigenvalue weighted by molar-refractivity contribution is 9.47.